The topological polar surface area (TPSA) is 115 Å². The monoisotopic (exact) mass is 790 g/mol. The number of imide groups is 2. The van der Waals surface area contributed by atoms with E-state index in [1.807, 2.05) is 0 Å². The van der Waals surface area contributed by atoms with Gasteiger partial charge in [-0.2, -0.15) is 0 Å². The predicted octanol–water partition coefficient (Wildman–Crippen LogP) is 5.96. The molecule has 2 N–H and O–H groups in total. The van der Waals surface area contributed by atoms with Crippen molar-refractivity contribution in [1.29, 1.82) is 0 Å². The quantitative estimate of drug-likeness (QED) is 0.132. The van der Waals surface area contributed by atoms with Gasteiger partial charge in [-0.05, 0) is 24.3 Å². The van der Waals surface area contributed by atoms with Gasteiger partial charge < -0.3 is 10.2 Å². The van der Waals surface area contributed by atoms with Crippen molar-refractivity contribution in [3.63, 3.8) is 0 Å². The number of hydrogen-bond acceptors (Lipinski definition) is 6. The summed E-state index contributed by atoms with van der Waals surface area (Å²) in [6.07, 6.45) is 0. The van der Waals surface area contributed by atoms with Crippen molar-refractivity contribution in [3.8, 4) is 0 Å². The zero-order valence-electron chi connectivity index (χ0n) is 20.1. The fraction of sp³-hybridized carbons (Fsp3) is 0.143. The van der Waals surface area contributed by atoms with Crippen molar-refractivity contribution in [2.45, 2.75) is 0 Å². The summed E-state index contributed by atoms with van der Waals surface area (Å²) in [5.41, 5.74) is 1.31. The molecule has 5 aromatic carbocycles. The van der Waals surface area contributed by atoms with Crippen LogP contribution in [-0.2, 0) is 0 Å². The zero-order valence-corrected chi connectivity index (χ0v) is 26.4. The highest BCUT2D eigenvalue weighted by molar-refractivity contribution is 9.11. The van der Waals surface area contributed by atoms with E-state index in [0.29, 0.717) is 83.2 Å². The van der Waals surface area contributed by atoms with E-state index in [0.717, 1.165) is 9.80 Å². The molecule has 0 fully saturated rings. The molecule has 200 valence electrons. The van der Waals surface area contributed by atoms with E-state index >= 15 is 0 Å². The molecule has 2 aliphatic heterocycles. The number of rotatable bonds is 4. The fourth-order valence-electron chi connectivity index (χ4n) is 6.17. The molecule has 8 nitrogen and oxygen atoms in total. The summed E-state index contributed by atoms with van der Waals surface area (Å²) in [5.74, 6) is -1.99. The van der Waals surface area contributed by atoms with Crippen LogP contribution in [0.2, 0.25) is 0 Å². The second-order valence-electron chi connectivity index (χ2n) is 9.59. The Kier molecular flexibility index (Phi) is 5.95. The third-order valence-corrected chi connectivity index (χ3v) is 10.2. The van der Waals surface area contributed by atoms with Gasteiger partial charge in [-0.3, -0.25) is 29.0 Å². The highest BCUT2D eigenvalue weighted by atomic mass is 79.9. The molecule has 0 unspecified atom stereocenters. The smallest absolute Gasteiger partial charge is 0.261 e. The number of carbonyl (C=O) groups excluding carboxylic acids is 4. The molecule has 4 amide bonds. The Bertz CT molecular complexity index is 1800. The number of β-amino-alcohol motifs (C(OH)–C–C–N with tert-alkyl or cyclic N) is 2. The van der Waals surface area contributed by atoms with Crippen LogP contribution in [0.25, 0.3) is 43.1 Å². The van der Waals surface area contributed by atoms with Crippen LogP contribution in [0.1, 0.15) is 41.4 Å². The Labute approximate surface area is 258 Å². The minimum Gasteiger partial charge on any atom is -0.395 e. The highest BCUT2D eigenvalue weighted by Crippen LogP contribution is 2.53. The number of fused-ring (bicyclic) bond motifs is 2. The van der Waals surface area contributed by atoms with Crippen LogP contribution in [0.3, 0.4) is 0 Å². The largest absolute Gasteiger partial charge is 0.395 e. The molecule has 12 heteroatoms. The minimum absolute atomic E-state index is 0.127. The van der Waals surface area contributed by atoms with Gasteiger partial charge in [-0.1, -0.05) is 63.7 Å². The molecule has 2 aliphatic rings. The predicted molar refractivity (Wildman–Crippen MR) is 163 cm³/mol. The van der Waals surface area contributed by atoms with E-state index in [2.05, 4.69) is 63.7 Å². The number of amides is 4. The van der Waals surface area contributed by atoms with Gasteiger partial charge in [-0.15, -0.1) is 0 Å². The lowest BCUT2D eigenvalue weighted by Gasteiger charge is -2.31. The number of carbonyl (C=O) groups is 4. The van der Waals surface area contributed by atoms with Crippen LogP contribution in [0.5, 0.6) is 0 Å². The number of aliphatic hydroxyl groups is 2. The summed E-state index contributed by atoms with van der Waals surface area (Å²) in [7, 11) is 0. The first-order valence-electron chi connectivity index (χ1n) is 12.0. The van der Waals surface area contributed by atoms with Gasteiger partial charge >= 0.3 is 0 Å². The third kappa shape index (κ3) is 3.17. The maximum Gasteiger partial charge on any atom is 0.261 e. The van der Waals surface area contributed by atoms with Gasteiger partial charge in [0.2, 0.25) is 0 Å². The second-order valence-corrected chi connectivity index (χ2v) is 13.0. The maximum absolute atomic E-state index is 13.5. The Hall–Kier alpha value is -2.48. The molecule has 0 aliphatic carbocycles. The Balaban J connectivity index is 1.75. The summed E-state index contributed by atoms with van der Waals surface area (Å²) in [5, 5.41) is 24.2. The Morgan fingerprint density at radius 1 is 0.450 bits per heavy atom. The summed E-state index contributed by atoms with van der Waals surface area (Å²) in [6, 6.07) is 6.72. The molecule has 40 heavy (non-hydrogen) atoms. The molecule has 7 rings (SSSR count). The van der Waals surface area contributed by atoms with Gasteiger partial charge in [-0.25, -0.2) is 0 Å². The molecule has 2 heterocycles. The molecule has 0 spiro atoms. The summed E-state index contributed by atoms with van der Waals surface area (Å²) < 4.78 is 2.35. The molecule has 0 saturated carbocycles. The van der Waals surface area contributed by atoms with Gasteiger partial charge in [0, 0.05) is 83.2 Å². The first kappa shape index (κ1) is 26.4. The third-order valence-electron chi connectivity index (χ3n) is 7.67. The molecule has 0 atom stereocenters. The van der Waals surface area contributed by atoms with Crippen LogP contribution < -0.4 is 0 Å². The molecule has 5 aromatic rings. The highest BCUT2D eigenvalue weighted by Gasteiger charge is 2.39. The second kappa shape index (κ2) is 9.01. The van der Waals surface area contributed by atoms with Gasteiger partial charge in [0.05, 0.1) is 26.3 Å². The van der Waals surface area contributed by atoms with Crippen molar-refractivity contribution in [2.24, 2.45) is 0 Å². The van der Waals surface area contributed by atoms with Crippen molar-refractivity contribution in [1.82, 2.24) is 9.80 Å². The Morgan fingerprint density at radius 3 is 0.925 bits per heavy atom. The van der Waals surface area contributed by atoms with Crippen molar-refractivity contribution in [2.75, 3.05) is 26.3 Å². The summed E-state index contributed by atoms with van der Waals surface area (Å²) >= 11 is 14.7. The molecular weight excluding hydrogens is 780 g/mol. The fourth-order valence-corrected chi connectivity index (χ4v) is 8.67. The lowest BCUT2D eigenvalue weighted by atomic mass is 9.82. The standard InChI is InChI=1S/C28H14Br4N2O6/c29-13-5-9-17-10(26(38)33(1-3-35)25(9)37)6-14(30)20-22-16(32)8-12-18-11(27(39)34(2-4-36)28(12)40)7-15(31)21(24(18)22)19(13)23(17)20/h5-8,35-36H,1-4H2. The normalized spacial score (nSPS) is 15.2. The van der Waals surface area contributed by atoms with Crippen LogP contribution in [-0.4, -0.2) is 69.9 Å². The van der Waals surface area contributed by atoms with E-state index < -0.39 is 23.6 Å². The van der Waals surface area contributed by atoms with Crippen LogP contribution in [0.4, 0.5) is 0 Å². The number of benzene rings is 5. The molecule has 0 aromatic heterocycles. The molecule has 0 radical (unpaired) electrons. The molecule has 0 bridgehead atoms. The number of halogens is 4. The lowest BCUT2D eigenvalue weighted by Crippen LogP contribution is -2.42. The first-order chi connectivity index (χ1) is 19.1. The van der Waals surface area contributed by atoms with Crippen LogP contribution >= 0.6 is 63.7 Å². The molecule has 0 saturated heterocycles. The average Bonchev–Trinajstić information content (AvgIpc) is 2.92. The van der Waals surface area contributed by atoms with Crippen LogP contribution in [0.15, 0.2) is 42.2 Å². The van der Waals surface area contributed by atoms with Crippen molar-refractivity contribution >= 4 is 130 Å². The first-order valence-corrected chi connectivity index (χ1v) is 15.2. The minimum atomic E-state index is -0.499. The van der Waals surface area contributed by atoms with Crippen molar-refractivity contribution in [3.05, 3.63) is 64.4 Å². The van der Waals surface area contributed by atoms with Crippen LogP contribution in [0, 0.1) is 0 Å². The van der Waals surface area contributed by atoms with Gasteiger partial charge in [0.15, 0.2) is 0 Å². The Morgan fingerprint density at radius 2 is 0.700 bits per heavy atom. The van der Waals surface area contributed by atoms with E-state index in [-0.39, 0.29) is 26.3 Å². The van der Waals surface area contributed by atoms with Gasteiger partial charge in [0.25, 0.3) is 23.6 Å². The number of hydrogen-bond donors (Lipinski definition) is 2. The van der Waals surface area contributed by atoms with E-state index in [9.17, 15) is 29.4 Å². The van der Waals surface area contributed by atoms with E-state index in [4.69, 9.17) is 0 Å². The van der Waals surface area contributed by atoms with E-state index in [1.165, 1.54) is 0 Å². The number of nitrogens with zero attached hydrogens (tertiary/aromatic N) is 2. The molecular formula is C28H14Br4N2O6. The van der Waals surface area contributed by atoms with E-state index in [1.54, 1.807) is 24.3 Å². The summed E-state index contributed by atoms with van der Waals surface area (Å²) in [4.78, 5) is 56.0. The van der Waals surface area contributed by atoms with Gasteiger partial charge in [0.1, 0.15) is 0 Å². The van der Waals surface area contributed by atoms with Crippen molar-refractivity contribution < 1.29 is 29.4 Å². The maximum atomic E-state index is 13.5. The number of aliphatic hydroxyl groups excluding tert-OH is 2. The average molecular weight is 794 g/mol. The lowest BCUT2D eigenvalue weighted by molar-refractivity contribution is 0.0567. The summed E-state index contributed by atoms with van der Waals surface area (Å²) in [6.45, 7) is -0.974. The zero-order chi connectivity index (χ0) is 28.4. The SMILES string of the molecule is O=C1c2cc(Br)c3c4c(Br)cc5c6c(cc(Br)c(c7c(Br)cc(c2c37)C(=O)N1CCO)c64)C(=O)N(CCO)C5=O.